The van der Waals surface area contributed by atoms with E-state index in [0.29, 0.717) is 12.8 Å². The molecule has 228 valence electrons. The first-order valence-electron chi connectivity index (χ1n) is 14.2. The van der Waals surface area contributed by atoms with E-state index >= 15 is 0 Å². The molecule has 7 N–H and O–H groups in total. The van der Waals surface area contributed by atoms with Crippen molar-refractivity contribution in [3.8, 4) is 5.75 Å². The summed E-state index contributed by atoms with van der Waals surface area (Å²) in [5.74, 6) is -2.56. The van der Waals surface area contributed by atoms with E-state index in [2.05, 4.69) is 16.0 Å². The standard InChI is InChI=1S/C31H42N4O7/c1-18(2)13-26(31(41)42-3)35-30(40)25(15-19-7-5-4-6-8-19)34-28(38)23-16-22(23)27(37)17-33-29(39)24(32)14-20-9-11-21(36)12-10-20/h4-12,18,22-27,36-37H,13-17,32H2,1-3H3,(H,33,39)(H,34,38)(H,35,40)/t22-,23+,24-,25-,26-,27-/m0/s1. The van der Waals surface area contributed by atoms with Crippen molar-refractivity contribution in [1.82, 2.24) is 16.0 Å². The fraction of sp³-hybridized carbons (Fsp3) is 0.484. The minimum atomic E-state index is -0.971. The van der Waals surface area contributed by atoms with Crippen molar-refractivity contribution in [1.29, 1.82) is 0 Å². The van der Waals surface area contributed by atoms with E-state index in [1.54, 1.807) is 12.1 Å². The van der Waals surface area contributed by atoms with Gasteiger partial charge in [0.1, 0.15) is 17.8 Å². The van der Waals surface area contributed by atoms with Crippen molar-refractivity contribution in [3.63, 3.8) is 0 Å². The first kappa shape index (κ1) is 32.6. The number of hydrogen-bond acceptors (Lipinski definition) is 8. The van der Waals surface area contributed by atoms with Gasteiger partial charge in [0.15, 0.2) is 0 Å². The first-order chi connectivity index (χ1) is 20.0. The van der Waals surface area contributed by atoms with Crippen LogP contribution < -0.4 is 21.7 Å². The Kier molecular flexibility index (Phi) is 11.9. The van der Waals surface area contributed by atoms with Crippen LogP contribution in [0, 0.1) is 17.8 Å². The highest BCUT2D eigenvalue weighted by molar-refractivity contribution is 5.92. The Morgan fingerprint density at radius 3 is 2.19 bits per heavy atom. The predicted octanol–water partition coefficient (Wildman–Crippen LogP) is 0.807. The molecule has 1 aliphatic carbocycles. The number of carbonyl (C=O) groups excluding carboxylic acids is 4. The predicted molar refractivity (Wildman–Crippen MR) is 156 cm³/mol. The maximum atomic E-state index is 13.3. The summed E-state index contributed by atoms with van der Waals surface area (Å²) in [5.41, 5.74) is 7.60. The van der Waals surface area contributed by atoms with Crippen molar-refractivity contribution >= 4 is 23.7 Å². The van der Waals surface area contributed by atoms with Crippen LogP contribution in [0.2, 0.25) is 0 Å². The van der Waals surface area contributed by atoms with Gasteiger partial charge in [0, 0.05) is 18.9 Å². The second-order valence-electron chi connectivity index (χ2n) is 11.3. The third kappa shape index (κ3) is 9.85. The Hall–Kier alpha value is -3.96. The van der Waals surface area contributed by atoms with E-state index < -0.39 is 47.9 Å². The van der Waals surface area contributed by atoms with Crippen LogP contribution in [0.5, 0.6) is 5.75 Å². The fourth-order valence-corrected chi connectivity index (χ4v) is 4.85. The Morgan fingerprint density at radius 2 is 1.57 bits per heavy atom. The van der Waals surface area contributed by atoms with Gasteiger partial charge in [-0.25, -0.2) is 4.79 Å². The molecule has 0 aromatic heterocycles. The van der Waals surface area contributed by atoms with E-state index in [9.17, 15) is 29.4 Å². The minimum absolute atomic E-state index is 0.0689. The third-order valence-corrected chi connectivity index (χ3v) is 7.31. The normalized spacial score (nSPS) is 18.7. The lowest BCUT2D eigenvalue weighted by molar-refractivity contribution is -0.145. The van der Waals surface area contributed by atoms with Gasteiger partial charge in [-0.2, -0.15) is 0 Å². The van der Waals surface area contributed by atoms with Crippen LogP contribution in [0.1, 0.15) is 37.8 Å². The van der Waals surface area contributed by atoms with Crippen molar-refractivity contribution in [3.05, 3.63) is 65.7 Å². The van der Waals surface area contributed by atoms with Crippen molar-refractivity contribution in [2.45, 2.75) is 63.8 Å². The van der Waals surface area contributed by atoms with Gasteiger partial charge >= 0.3 is 5.97 Å². The lowest BCUT2D eigenvalue weighted by atomic mass is 10.0. The molecule has 2 aromatic rings. The minimum Gasteiger partial charge on any atom is -0.508 e. The topological polar surface area (TPSA) is 180 Å². The van der Waals surface area contributed by atoms with Crippen LogP contribution in [0.3, 0.4) is 0 Å². The number of rotatable bonds is 15. The molecule has 0 spiro atoms. The molecule has 1 fully saturated rings. The summed E-state index contributed by atoms with van der Waals surface area (Å²) >= 11 is 0. The molecule has 6 atom stereocenters. The number of ether oxygens (including phenoxy) is 1. The number of aliphatic hydroxyl groups excluding tert-OH is 1. The highest BCUT2D eigenvalue weighted by atomic mass is 16.5. The number of hydrogen-bond donors (Lipinski definition) is 6. The molecule has 0 aliphatic heterocycles. The first-order valence-corrected chi connectivity index (χ1v) is 14.2. The number of aliphatic hydroxyl groups is 1. The molecule has 0 bridgehead atoms. The van der Waals surface area contributed by atoms with E-state index in [0.717, 1.165) is 11.1 Å². The van der Waals surface area contributed by atoms with Crippen LogP contribution in [-0.2, 0) is 36.8 Å². The number of benzene rings is 2. The number of phenolic OH excluding ortho intramolecular Hbond substituents is 1. The number of amides is 3. The summed E-state index contributed by atoms with van der Waals surface area (Å²) in [7, 11) is 1.26. The Morgan fingerprint density at radius 1 is 0.929 bits per heavy atom. The van der Waals surface area contributed by atoms with Gasteiger partial charge < -0.3 is 36.6 Å². The molecule has 3 rings (SSSR count). The van der Waals surface area contributed by atoms with Gasteiger partial charge in [-0.1, -0.05) is 56.3 Å². The summed E-state index contributed by atoms with van der Waals surface area (Å²) < 4.78 is 4.85. The van der Waals surface area contributed by atoms with Gasteiger partial charge in [-0.3, -0.25) is 14.4 Å². The third-order valence-electron chi connectivity index (χ3n) is 7.31. The number of nitrogens with two attached hydrogens (primary N) is 1. The molecular weight excluding hydrogens is 540 g/mol. The van der Waals surface area contributed by atoms with Crippen molar-refractivity contribution in [2.24, 2.45) is 23.5 Å². The van der Waals surface area contributed by atoms with Crippen LogP contribution in [0.15, 0.2) is 54.6 Å². The number of methoxy groups -OCH3 is 1. The Labute approximate surface area is 246 Å². The fourth-order valence-electron chi connectivity index (χ4n) is 4.85. The van der Waals surface area contributed by atoms with Crippen LogP contribution in [0.25, 0.3) is 0 Å². The smallest absolute Gasteiger partial charge is 0.328 e. The van der Waals surface area contributed by atoms with Gasteiger partial charge in [0.05, 0.1) is 19.3 Å². The highest BCUT2D eigenvalue weighted by Crippen LogP contribution is 2.41. The number of phenols is 1. The zero-order valence-corrected chi connectivity index (χ0v) is 24.3. The second-order valence-corrected chi connectivity index (χ2v) is 11.3. The lowest BCUT2D eigenvalue weighted by Gasteiger charge is -2.23. The molecule has 2 aromatic carbocycles. The maximum Gasteiger partial charge on any atom is 0.328 e. The van der Waals surface area contributed by atoms with Crippen LogP contribution in [0.4, 0.5) is 0 Å². The Bertz CT molecular complexity index is 1210. The molecule has 3 amide bonds. The quantitative estimate of drug-likeness (QED) is 0.167. The van der Waals surface area contributed by atoms with Crippen molar-refractivity contribution < 1.29 is 34.1 Å². The van der Waals surface area contributed by atoms with E-state index in [-0.39, 0.29) is 42.9 Å². The number of esters is 1. The zero-order valence-electron chi connectivity index (χ0n) is 24.3. The molecule has 1 aliphatic rings. The van der Waals surface area contributed by atoms with Gasteiger partial charge in [-0.15, -0.1) is 0 Å². The lowest BCUT2D eigenvalue weighted by Crippen LogP contribution is -2.53. The molecular formula is C31H42N4O7. The number of aromatic hydroxyl groups is 1. The summed E-state index contributed by atoms with van der Waals surface area (Å²) in [6.07, 6.45) is 0.284. The van der Waals surface area contributed by atoms with Gasteiger partial charge in [-0.05, 0) is 54.4 Å². The summed E-state index contributed by atoms with van der Waals surface area (Å²) in [6, 6.07) is 12.9. The van der Waals surface area contributed by atoms with E-state index in [1.165, 1.54) is 19.2 Å². The largest absolute Gasteiger partial charge is 0.508 e. The molecule has 0 saturated heterocycles. The SMILES string of the molecule is COC(=O)[C@H](CC(C)C)NC(=O)[C@H](Cc1ccccc1)NC(=O)[C@@H]1C[C@@H]1[C@@H](O)CNC(=O)[C@@H](N)Cc1ccc(O)cc1. The van der Waals surface area contributed by atoms with Crippen molar-refractivity contribution in [2.75, 3.05) is 13.7 Å². The molecule has 0 unspecified atom stereocenters. The summed E-state index contributed by atoms with van der Waals surface area (Å²) in [4.78, 5) is 51.1. The van der Waals surface area contributed by atoms with Crippen LogP contribution in [-0.4, -0.2) is 71.8 Å². The van der Waals surface area contributed by atoms with Gasteiger partial charge in [0.2, 0.25) is 17.7 Å². The molecule has 42 heavy (non-hydrogen) atoms. The molecule has 1 saturated carbocycles. The summed E-state index contributed by atoms with van der Waals surface area (Å²) in [6.45, 7) is 3.78. The number of nitrogens with one attached hydrogen (secondary N) is 3. The second kappa shape index (κ2) is 15.3. The molecule has 0 radical (unpaired) electrons. The maximum absolute atomic E-state index is 13.3. The van der Waals surface area contributed by atoms with E-state index in [4.69, 9.17) is 10.5 Å². The molecule has 11 nitrogen and oxygen atoms in total. The average Bonchev–Trinajstić information content (AvgIpc) is 3.77. The summed E-state index contributed by atoms with van der Waals surface area (Å²) in [5, 5.41) is 28.2. The average molecular weight is 583 g/mol. The van der Waals surface area contributed by atoms with Gasteiger partial charge in [0.25, 0.3) is 0 Å². The zero-order chi connectivity index (χ0) is 30.8. The Balaban J connectivity index is 1.55. The highest BCUT2D eigenvalue weighted by Gasteiger charge is 2.48. The van der Waals surface area contributed by atoms with Crippen LogP contribution >= 0.6 is 0 Å². The van der Waals surface area contributed by atoms with E-state index in [1.807, 2.05) is 44.2 Å². The molecule has 11 heteroatoms. The molecule has 0 heterocycles. The monoisotopic (exact) mass is 582 g/mol. The number of carbonyl (C=O) groups is 4.